The number of hydrogen-bond donors (Lipinski definition) is 0. The van der Waals surface area contributed by atoms with Gasteiger partial charge in [0.1, 0.15) is 0 Å². The molecular formula is C19H13N2OPSe. The van der Waals surface area contributed by atoms with Gasteiger partial charge in [-0.2, -0.15) is 0 Å². The first-order chi connectivity index (χ1) is 11.8. The third-order valence-electron chi connectivity index (χ3n) is 4.23. The number of benzene rings is 3. The van der Waals surface area contributed by atoms with Gasteiger partial charge in [-0.25, -0.2) is 0 Å². The second-order valence-corrected chi connectivity index (χ2v) is 10.9. The third-order valence-corrected chi connectivity index (χ3v) is 9.38. The molecule has 0 N–H and O–H groups in total. The van der Waals surface area contributed by atoms with E-state index in [4.69, 9.17) is 9.51 Å². The second kappa shape index (κ2) is 5.19. The Morgan fingerprint density at radius 2 is 1.54 bits per heavy atom. The van der Waals surface area contributed by atoms with Crippen LogP contribution in [0.25, 0.3) is 22.4 Å². The number of nitrogens with zero attached hydrogens (tertiary/aromatic N) is 2. The number of rotatable bonds is 1. The zero-order valence-corrected chi connectivity index (χ0v) is 15.3. The van der Waals surface area contributed by atoms with Gasteiger partial charge in [0.15, 0.2) is 0 Å². The summed E-state index contributed by atoms with van der Waals surface area (Å²) in [4.78, 5) is 4.91. The number of imidazole rings is 1. The van der Waals surface area contributed by atoms with Gasteiger partial charge in [0.2, 0.25) is 0 Å². The summed E-state index contributed by atoms with van der Waals surface area (Å²) in [7, 11) is 0. The summed E-state index contributed by atoms with van der Waals surface area (Å²) in [5.41, 5.74) is 3.12. The molecule has 3 nitrogen and oxygen atoms in total. The Hall–Kier alpha value is -2.12. The molecule has 0 amide bonds. The summed E-state index contributed by atoms with van der Waals surface area (Å²) in [5.74, 6) is -0.355. The van der Waals surface area contributed by atoms with E-state index in [-0.39, 0.29) is 0 Å². The zero-order chi connectivity index (χ0) is 16.1. The quantitative estimate of drug-likeness (QED) is 0.357. The summed E-state index contributed by atoms with van der Waals surface area (Å²) < 4.78 is 8.84. The van der Waals surface area contributed by atoms with E-state index < -0.39 is 5.89 Å². The van der Waals surface area contributed by atoms with Crippen molar-refractivity contribution in [3.63, 3.8) is 0 Å². The van der Waals surface area contributed by atoms with Crippen molar-refractivity contribution in [1.82, 2.24) is 9.32 Å². The summed E-state index contributed by atoms with van der Waals surface area (Å²) in [5, 5.41) is 1.16. The fraction of sp³-hybridized carbons (Fsp3) is 0. The van der Waals surface area contributed by atoms with Crippen LogP contribution in [0.1, 0.15) is 0 Å². The van der Waals surface area contributed by atoms with E-state index in [2.05, 4.69) is 61.9 Å². The first-order valence-electron chi connectivity index (χ1n) is 7.70. The van der Waals surface area contributed by atoms with Gasteiger partial charge in [-0.1, -0.05) is 0 Å². The van der Waals surface area contributed by atoms with Crippen molar-refractivity contribution in [1.29, 1.82) is 0 Å². The predicted octanol–water partition coefficient (Wildman–Crippen LogP) is 4.20. The van der Waals surface area contributed by atoms with Gasteiger partial charge in [0.25, 0.3) is 0 Å². The van der Waals surface area contributed by atoms with Crippen molar-refractivity contribution in [3.05, 3.63) is 78.9 Å². The molecule has 1 aliphatic rings. The van der Waals surface area contributed by atoms with Gasteiger partial charge in [-0.05, 0) is 0 Å². The molecule has 0 bridgehead atoms. The van der Waals surface area contributed by atoms with Crippen LogP contribution in [-0.4, -0.2) is 24.4 Å². The van der Waals surface area contributed by atoms with Gasteiger partial charge in [0, 0.05) is 0 Å². The predicted molar refractivity (Wildman–Crippen MR) is 99.9 cm³/mol. The number of fused-ring (bicyclic) bond motifs is 5. The average Bonchev–Trinajstić information content (AvgIpc) is 3.03. The van der Waals surface area contributed by atoms with Crippen LogP contribution in [0, 0.1) is 0 Å². The SMILES string of the molecule is [Se]=P1(c2ccccc2)Oc2ccccc2-c2nc3ccccc3n21. The molecule has 5 rings (SSSR count). The Balaban J connectivity index is 1.93. The zero-order valence-electron chi connectivity index (χ0n) is 12.7. The van der Waals surface area contributed by atoms with Crippen LogP contribution >= 0.6 is 5.89 Å². The van der Waals surface area contributed by atoms with Crippen molar-refractivity contribution >= 4 is 37.3 Å². The maximum absolute atomic E-state index is 6.58. The van der Waals surface area contributed by atoms with E-state index in [1.54, 1.807) is 0 Å². The molecule has 0 fully saturated rings. The molecule has 0 spiro atoms. The van der Waals surface area contributed by atoms with Crippen LogP contribution in [0.5, 0.6) is 5.75 Å². The van der Waals surface area contributed by atoms with E-state index in [1.165, 1.54) is 0 Å². The molecule has 5 heteroatoms. The van der Waals surface area contributed by atoms with E-state index in [0.29, 0.717) is 0 Å². The third kappa shape index (κ3) is 1.91. The number of hydrogen-bond acceptors (Lipinski definition) is 2. The first kappa shape index (κ1) is 14.2. The van der Waals surface area contributed by atoms with Crippen molar-refractivity contribution in [2.75, 3.05) is 0 Å². The van der Waals surface area contributed by atoms with Crippen LogP contribution in [0.4, 0.5) is 0 Å². The first-order valence-corrected chi connectivity index (χ1v) is 11.6. The molecule has 2 heterocycles. The molecule has 0 saturated carbocycles. The van der Waals surface area contributed by atoms with Gasteiger partial charge in [0.05, 0.1) is 0 Å². The van der Waals surface area contributed by atoms with E-state index >= 15 is 0 Å². The minimum atomic E-state index is -2.21. The van der Waals surface area contributed by atoms with Crippen molar-refractivity contribution in [2.24, 2.45) is 0 Å². The van der Waals surface area contributed by atoms with Crippen molar-refractivity contribution < 1.29 is 4.52 Å². The summed E-state index contributed by atoms with van der Waals surface area (Å²) >= 11 is 3.40. The Morgan fingerprint density at radius 3 is 2.42 bits per heavy atom. The second-order valence-electron chi connectivity index (χ2n) is 5.68. The van der Waals surface area contributed by atoms with E-state index in [1.807, 2.05) is 36.4 Å². The van der Waals surface area contributed by atoms with Crippen LogP contribution in [-0.2, 0) is 0 Å². The normalized spacial score (nSPS) is 18.7. The molecule has 0 radical (unpaired) electrons. The van der Waals surface area contributed by atoms with Crippen molar-refractivity contribution in [3.8, 4) is 17.1 Å². The fourth-order valence-electron chi connectivity index (χ4n) is 3.14. The Labute approximate surface area is 147 Å². The standard InChI is InChI=1S/C19H13N2OPSe/c24-23(14-8-2-1-3-9-14)21-17-12-6-5-11-16(17)20-19(21)15-10-4-7-13-18(15)22-23/h1-13H. The average molecular weight is 395 g/mol. The molecule has 1 atom stereocenters. The molecule has 24 heavy (non-hydrogen) atoms. The summed E-state index contributed by atoms with van der Waals surface area (Å²) in [6.45, 7) is 0. The molecular weight excluding hydrogens is 382 g/mol. The van der Waals surface area contributed by atoms with E-state index in [9.17, 15) is 0 Å². The molecule has 1 aliphatic heterocycles. The van der Waals surface area contributed by atoms with Gasteiger partial charge in [-0.3, -0.25) is 0 Å². The van der Waals surface area contributed by atoms with Crippen LogP contribution < -0.4 is 9.83 Å². The summed E-state index contributed by atoms with van der Waals surface area (Å²) in [6, 6.07) is 26.7. The Bertz CT molecular complexity index is 1120. The summed E-state index contributed by atoms with van der Waals surface area (Å²) in [6.07, 6.45) is 0. The molecule has 4 aromatic rings. The van der Waals surface area contributed by atoms with Crippen LogP contribution in [0.15, 0.2) is 78.9 Å². The molecule has 1 aromatic heterocycles. The maximum atomic E-state index is 6.58. The van der Waals surface area contributed by atoms with Gasteiger partial charge >= 0.3 is 147 Å². The molecule has 3 aromatic carbocycles. The molecule has 1 unspecified atom stereocenters. The van der Waals surface area contributed by atoms with Crippen LogP contribution in [0.3, 0.4) is 0 Å². The number of aromatic nitrogens is 2. The topological polar surface area (TPSA) is 27.1 Å². The Kier molecular flexibility index (Phi) is 3.08. The Morgan fingerprint density at radius 1 is 0.833 bits per heavy atom. The monoisotopic (exact) mass is 396 g/mol. The van der Waals surface area contributed by atoms with Gasteiger partial charge < -0.3 is 0 Å². The molecule has 0 aliphatic carbocycles. The van der Waals surface area contributed by atoms with Crippen LogP contribution in [0.2, 0.25) is 0 Å². The van der Waals surface area contributed by atoms with Crippen molar-refractivity contribution in [2.45, 2.75) is 0 Å². The van der Waals surface area contributed by atoms with E-state index in [0.717, 1.165) is 33.5 Å². The molecule has 116 valence electrons. The van der Waals surface area contributed by atoms with Gasteiger partial charge in [-0.15, -0.1) is 0 Å². The number of para-hydroxylation sites is 3. The minimum absolute atomic E-state index is 0.885. The fourth-order valence-corrected chi connectivity index (χ4v) is 7.70. The molecule has 0 saturated heterocycles.